The number of morpholine rings is 1. The summed E-state index contributed by atoms with van der Waals surface area (Å²) < 4.78 is 5.53. The maximum atomic E-state index is 5.53. The molecule has 1 fully saturated rings. The van der Waals surface area contributed by atoms with E-state index in [1.54, 1.807) is 0 Å². The zero-order valence-electron chi connectivity index (χ0n) is 12.6. The van der Waals surface area contributed by atoms with Gasteiger partial charge < -0.3 is 15.0 Å². The van der Waals surface area contributed by atoms with Gasteiger partial charge in [-0.25, -0.2) is 0 Å². The molecule has 0 spiro atoms. The van der Waals surface area contributed by atoms with E-state index < -0.39 is 0 Å². The average molecular weight is 262 g/mol. The number of hydrogen-bond donors (Lipinski definition) is 1. The summed E-state index contributed by atoms with van der Waals surface area (Å²) in [5.74, 6) is 0. The molecule has 1 saturated heterocycles. The number of benzene rings is 1. The molecular weight excluding hydrogens is 236 g/mol. The van der Waals surface area contributed by atoms with E-state index in [4.69, 9.17) is 4.74 Å². The van der Waals surface area contributed by atoms with Crippen molar-refractivity contribution >= 4 is 5.69 Å². The Labute approximate surface area is 116 Å². The number of rotatable bonds is 3. The van der Waals surface area contributed by atoms with Gasteiger partial charge in [-0.3, -0.25) is 0 Å². The molecule has 1 heterocycles. The summed E-state index contributed by atoms with van der Waals surface area (Å²) in [5.41, 5.74) is 2.89. The quantitative estimate of drug-likeness (QED) is 0.905. The van der Waals surface area contributed by atoms with Gasteiger partial charge in [-0.2, -0.15) is 0 Å². The molecule has 2 rings (SSSR count). The lowest BCUT2D eigenvalue weighted by molar-refractivity contribution is 0.0791. The summed E-state index contributed by atoms with van der Waals surface area (Å²) in [7, 11) is 2.17. The van der Waals surface area contributed by atoms with E-state index in [1.165, 1.54) is 11.3 Å². The van der Waals surface area contributed by atoms with Crippen molar-refractivity contribution in [2.75, 3.05) is 38.3 Å². The summed E-state index contributed by atoms with van der Waals surface area (Å²) in [6.45, 7) is 10.4. The first-order valence-corrected chi connectivity index (χ1v) is 7.10. The minimum absolute atomic E-state index is 0.168. The molecule has 1 aliphatic rings. The zero-order chi connectivity index (χ0) is 13.9. The third kappa shape index (κ3) is 3.71. The number of ether oxygens (including phenoxy) is 1. The second-order valence-corrected chi connectivity index (χ2v) is 6.37. The lowest BCUT2D eigenvalue weighted by atomic mass is 9.85. The minimum Gasteiger partial charge on any atom is -0.378 e. The Morgan fingerprint density at radius 2 is 2.05 bits per heavy atom. The van der Waals surface area contributed by atoms with Crippen LogP contribution in [0.25, 0.3) is 0 Å². The highest BCUT2D eigenvalue weighted by Crippen LogP contribution is 2.31. The predicted molar refractivity (Wildman–Crippen MR) is 81.0 cm³/mol. The van der Waals surface area contributed by atoms with Crippen LogP contribution in [0.5, 0.6) is 0 Å². The van der Waals surface area contributed by atoms with Gasteiger partial charge >= 0.3 is 0 Å². The molecule has 1 unspecified atom stereocenters. The van der Waals surface area contributed by atoms with E-state index in [2.05, 4.69) is 62.3 Å². The Morgan fingerprint density at radius 1 is 1.32 bits per heavy atom. The van der Waals surface area contributed by atoms with E-state index in [0.717, 1.165) is 26.3 Å². The van der Waals surface area contributed by atoms with E-state index in [9.17, 15) is 0 Å². The fourth-order valence-corrected chi connectivity index (χ4v) is 2.61. The Kier molecular flexibility index (Phi) is 4.48. The molecule has 106 valence electrons. The van der Waals surface area contributed by atoms with Crippen LogP contribution in [0.15, 0.2) is 24.3 Å². The molecular formula is C16H26N2O. The molecule has 1 aromatic rings. The van der Waals surface area contributed by atoms with Crippen LogP contribution in [-0.4, -0.2) is 39.4 Å². The van der Waals surface area contributed by atoms with E-state index in [0.29, 0.717) is 6.04 Å². The van der Waals surface area contributed by atoms with Crippen molar-refractivity contribution in [1.82, 2.24) is 5.32 Å². The first-order chi connectivity index (χ1) is 8.98. The topological polar surface area (TPSA) is 24.5 Å². The van der Waals surface area contributed by atoms with Gasteiger partial charge in [0.05, 0.1) is 13.2 Å². The first kappa shape index (κ1) is 14.4. The summed E-state index contributed by atoms with van der Waals surface area (Å²) in [6, 6.07) is 9.11. The van der Waals surface area contributed by atoms with Crippen molar-refractivity contribution in [3.63, 3.8) is 0 Å². The van der Waals surface area contributed by atoms with Gasteiger partial charge in [0.15, 0.2) is 0 Å². The zero-order valence-corrected chi connectivity index (χ0v) is 12.6. The number of nitrogens with zero attached hydrogens (tertiary/aromatic N) is 1. The summed E-state index contributed by atoms with van der Waals surface area (Å²) in [4.78, 5) is 2.34. The highest BCUT2D eigenvalue weighted by atomic mass is 16.5. The van der Waals surface area contributed by atoms with Crippen LogP contribution in [0.3, 0.4) is 0 Å². The molecule has 3 heteroatoms. The average Bonchev–Trinajstić information content (AvgIpc) is 2.39. The Hall–Kier alpha value is -1.06. The lowest BCUT2D eigenvalue weighted by Crippen LogP contribution is -2.48. The number of anilines is 1. The van der Waals surface area contributed by atoms with E-state index >= 15 is 0 Å². The van der Waals surface area contributed by atoms with E-state index in [-0.39, 0.29) is 5.41 Å². The van der Waals surface area contributed by atoms with Crippen molar-refractivity contribution in [3.05, 3.63) is 29.8 Å². The Balaban J connectivity index is 2.12. The smallest absolute Gasteiger partial charge is 0.0637 e. The second kappa shape index (κ2) is 5.93. The molecule has 1 atom stereocenters. The van der Waals surface area contributed by atoms with Crippen molar-refractivity contribution in [2.45, 2.75) is 32.2 Å². The second-order valence-electron chi connectivity index (χ2n) is 6.37. The van der Waals surface area contributed by atoms with Crippen molar-refractivity contribution in [1.29, 1.82) is 0 Å². The molecule has 0 bridgehead atoms. The number of para-hydroxylation sites is 1. The maximum absolute atomic E-state index is 5.53. The number of nitrogens with one attached hydrogen (secondary N) is 1. The van der Waals surface area contributed by atoms with Crippen LogP contribution in [0, 0.1) is 0 Å². The number of likely N-dealkylation sites (N-methyl/N-ethyl adjacent to an activating group) is 1. The lowest BCUT2D eigenvalue weighted by Gasteiger charge is -2.33. The SMILES string of the molecule is CN(CC1COCCN1)c1ccccc1C(C)(C)C. The number of hydrogen-bond acceptors (Lipinski definition) is 3. The summed E-state index contributed by atoms with van der Waals surface area (Å²) in [6.07, 6.45) is 0. The third-order valence-corrected chi connectivity index (χ3v) is 3.62. The Bertz CT molecular complexity index is 405. The van der Waals surface area contributed by atoms with Gasteiger partial charge in [-0.05, 0) is 17.0 Å². The monoisotopic (exact) mass is 262 g/mol. The first-order valence-electron chi connectivity index (χ1n) is 7.10. The molecule has 1 aliphatic heterocycles. The molecule has 0 aliphatic carbocycles. The van der Waals surface area contributed by atoms with Crippen molar-refractivity contribution in [2.24, 2.45) is 0 Å². The highest BCUT2D eigenvalue weighted by Gasteiger charge is 2.21. The van der Waals surface area contributed by atoms with Crippen LogP contribution in [-0.2, 0) is 10.2 Å². The van der Waals surface area contributed by atoms with E-state index in [1.807, 2.05) is 0 Å². The molecule has 1 N–H and O–H groups in total. The predicted octanol–water partition coefficient (Wildman–Crippen LogP) is 2.41. The van der Waals surface area contributed by atoms with Crippen LogP contribution in [0.1, 0.15) is 26.3 Å². The molecule has 1 aromatic carbocycles. The minimum atomic E-state index is 0.168. The summed E-state index contributed by atoms with van der Waals surface area (Å²) in [5, 5.41) is 3.51. The van der Waals surface area contributed by atoms with Gasteiger partial charge in [0, 0.05) is 31.9 Å². The fourth-order valence-electron chi connectivity index (χ4n) is 2.61. The van der Waals surface area contributed by atoms with Crippen molar-refractivity contribution in [3.8, 4) is 0 Å². The van der Waals surface area contributed by atoms with Gasteiger partial charge in [0.2, 0.25) is 0 Å². The standard InChI is InChI=1S/C16H26N2O/c1-16(2,3)14-7-5-6-8-15(14)18(4)11-13-12-19-10-9-17-13/h5-8,13,17H,9-12H2,1-4H3. The molecule has 19 heavy (non-hydrogen) atoms. The van der Waals surface area contributed by atoms with Gasteiger partial charge in [0.25, 0.3) is 0 Å². The maximum Gasteiger partial charge on any atom is 0.0637 e. The normalized spacial score (nSPS) is 20.3. The van der Waals surface area contributed by atoms with Gasteiger partial charge in [0.1, 0.15) is 0 Å². The molecule has 0 amide bonds. The van der Waals surface area contributed by atoms with Crippen LogP contribution < -0.4 is 10.2 Å². The van der Waals surface area contributed by atoms with Crippen LogP contribution in [0.2, 0.25) is 0 Å². The van der Waals surface area contributed by atoms with Crippen LogP contribution in [0.4, 0.5) is 5.69 Å². The molecule has 0 saturated carbocycles. The largest absolute Gasteiger partial charge is 0.378 e. The highest BCUT2D eigenvalue weighted by molar-refractivity contribution is 5.56. The van der Waals surface area contributed by atoms with Crippen molar-refractivity contribution < 1.29 is 4.74 Å². The van der Waals surface area contributed by atoms with Gasteiger partial charge in [-0.15, -0.1) is 0 Å². The fraction of sp³-hybridized carbons (Fsp3) is 0.625. The molecule has 0 aromatic heterocycles. The molecule has 3 nitrogen and oxygen atoms in total. The summed E-state index contributed by atoms with van der Waals surface area (Å²) >= 11 is 0. The third-order valence-electron chi connectivity index (χ3n) is 3.62. The Morgan fingerprint density at radius 3 is 2.68 bits per heavy atom. The molecule has 0 radical (unpaired) electrons. The van der Waals surface area contributed by atoms with Gasteiger partial charge in [-0.1, -0.05) is 39.0 Å². The van der Waals surface area contributed by atoms with Crippen LogP contribution >= 0.6 is 0 Å².